The average molecular weight is 339 g/mol. The molecule has 3 N–H and O–H groups in total. The van der Waals surface area contributed by atoms with Crippen LogP contribution in [-0.2, 0) is 6.54 Å². The molecule has 5 heteroatoms. The van der Waals surface area contributed by atoms with E-state index >= 15 is 0 Å². The van der Waals surface area contributed by atoms with Gasteiger partial charge >= 0.3 is 0 Å². The van der Waals surface area contributed by atoms with Crippen molar-refractivity contribution < 1.29 is 4.39 Å². The fraction of sp³-hybridized carbons (Fsp3) is 0.0714. The lowest BCUT2D eigenvalue weighted by atomic mass is 10.2. The van der Waals surface area contributed by atoms with E-state index in [1.165, 1.54) is 12.1 Å². The minimum Gasteiger partial charge on any atom is -0.389 e. The van der Waals surface area contributed by atoms with Crippen molar-refractivity contribution in [3.8, 4) is 0 Å². The number of hydrogen-bond acceptors (Lipinski definition) is 2. The van der Waals surface area contributed by atoms with Gasteiger partial charge in [-0.25, -0.2) is 4.39 Å². The Morgan fingerprint density at radius 1 is 1.26 bits per heavy atom. The lowest BCUT2D eigenvalue weighted by Crippen LogP contribution is -2.10. The summed E-state index contributed by atoms with van der Waals surface area (Å²) < 4.78 is 13.9. The van der Waals surface area contributed by atoms with E-state index in [1.54, 1.807) is 6.07 Å². The first-order valence-corrected chi connectivity index (χ1v) is 6.84. The van der Waals surface area contributed by atoms with Gasteiger partial charge in [-0.05, 0) is 51.8 Å². The Morgan fingerprint density at radius 3 is 2.68 bits per heavy atom. The molecular weight excluding hydrogens is 327 g/mol. The summed E-state index contributed by atoms with van der Waals surface area (Å²) in [5.74, 6) is -0.232. The minimum atomic E-state index is -0.232. The maximum Gasteiger partial charge on any atom is 0.123 e. The van der Waals surface area contributed by atoms with Gasteiger partial charge in [-0.1, -0.05) is 24.4 Å². The number of nitrogens with two attached hydrogens (primary N) is 1. The fourth-order valence-electron chi connectivity index (χ4n) is 1.68. The Bertz CT molecular complexity index is 616. The van der Waals surface area contributed by atoms with E-state index in [2.05, 4.69) is 21.2 Å². The summed E-state index contributed by atoms with van der Waals surface area (Å²) in [5, 5.41) is 3.21. The molecular formula is C14H12BrFN2S. The van der Waals surface area contributed by atoms with Crippen LogP contribution in [-0.4, -0.2) is 4.99 Å². The normalized spacial score (nSPS) is 10.2. The minimum absolute atomic E-state index is 0.232. The van der Waals surface area contributed by atoms with Crippen LogP contribution in [0.1, 0.15) is 11.1 Å². The second-order valence-corrected chi connectivity index (χ2v) is 5.34. The molecule has 2 aromatic rings. The van der Waals surface area contributed by atoms with Crippen LogP contribution < -0.4 is 11.1 Å². The SMILES string of the molecule is NC(=S)c1ccc(NCc2cccc(F)c2)cc1Br. The smallest absolute Gasteiger partial charge is 0.123 e. The van der Waals surface area contributed by atoms with Crippen LogP contribution >= 0.6 is 28.1 Å². The van der Waals surface area contributed by atoms with Gasteiger partial charge in [0.1, 0.15) is 10.8 Å². The van der Waals surface area contributed by atoms with Gasteiger partial charge in [-0.15, -0.1) is 0 Å². The van der Waals surface area contributed by atoms with E-state index in [1.807, 2.05) is 24.3 Å². The second-order valence-electron chi connectivity index (χ2n) is 4.04. The Balaban J connectivity index is 2.08. The van der Waals surface area contributed by atoms with E-state index in [0.29, 0.717) is 11.5 Å². The predicted octanol–water partition coefficient (Wildman–Crippen LogP) is 3.83. The molecule has 0 amide bonds. The van der Waals surface area contributed by atoms with Crippen molar-refractivity contribution in [2.24, 2.45) is 5.73 Å². The summed E-state index contributed by atoms with van der Waals surface area (Å²) in [7, 11) is 0. The van der Waals surface area contributed by atoms with Crippen LogP contribution in [0.15, 0.2) is 46.9 Å². The number of rotatable bonds is 4. The van der Waals surface area contributed by atoms with Crippen molar-refractivity contribution in [1.29, 1.82) is 0 Å². The third-order valence-electron chi connectivity index (χ3n) is 2.62. The van der Waals surface area contributed by atoms with Crippen molar-refractivity contribution in [1.82, 2.24) is 0 Å². The first kappa shape index (κ1) is 14.0. The third-order valence-corrected chi connectivity index (χ3v) is 3.50. The molecule has 0 radical (unpaired) electrons. The van der Waals surface area contributed by atoms with Crippen molar-refractivity contribution in [3.63, 3.8) is 0 Å². The molecule has 0 fully saturated rings. The van der Waals surface area contributed by atoms with Gasteiger partial charge < -0.3 is 11.1 Å². The Morgan fingerprint density at radius 2 is 2.05 bits per heavy atom. The molecule has 0 saturated carbocycles. The summed E-state index contributed by atoms with van der Waals surface area (Å²) >= 11 is 8.35. The number of hydrogen-bond donors (Lipinski definition) is 2. The zero-order chi connectivity index (χ0) is 13.8. The third kappa shape index (κ3) is 3.75. The van der Waals surface area contributed by atoms with Crippen LogP contribution in [0.25, 0.3) is 0 Å². The van der Waals surface area contributed by atoms with E-state index < -0.39 is 0 Å². The summed E-state index contributed by atoms with van der Waals surface area (Å²) in [6.07, 6.45) is 0. The highest BCUT2D eigenvalue weighted by atomic mass is 79.9. The Kier molecular flexibility index (Phi) is 4.50. The summed E-state index contributed by atoms with van der Waals surface area (Å²) in [6.45, 7) is 0.552. The molecule has 0 bridgehead atoms. The number of halogens is 2. The lowest BCUT2D eigenvalue weighted by Gasteiger charge is -2.09. The average Bonchev–Trinajstić information content (AvgIpc) is 2.36. The molecule has 0 aliphatic rings. The molecule has 0 unspecified atom stereocenters. The maximum absolute atomic E-state index is 13.0. The van der Waals surface area contributed by atoms with Gasteiger partial charge in [0, 0.05) is 22.3 Å². The fourth-order valence-corrected chi connectivity index (χ4v) is 2.58. The van der Waals surface area contributed by atoms with E-state index in [0.717, 1.165) is 21.3 Å². The number of benzene rings is 2. The van der Waals surface area contributed by atoms with Gasteiger partial charge in [-0.3, -0.25) is 0 Å². The first-order valence-electron chi connectivity index (χ1n) is 5.64. The summed E-state index contributed by atoms with van der Waals surface area (Å²) in [6, 6.07) is 12.1. The lowest BCUT2D eigenvalue weighted by molar-refractivity contribution is 0.626. The second kappa shape index (κ2) is 6.12. The van der Waals surface area contributed by atoms with Crippen molar-refractivity contribution in [2.75, 3.05) is 5.32 Å². The van der Waals surface area contributed by atoms with Gasteiger partial charge in [0.2, 0.25) is 0 Å². The first-order chi connectivity index (χ1) is 9.06. The van der Waals surface area contributed by atoms with Crippen LogP contribution in [0.4, 0.5) is 10.1 Å². The van der Waals surface area contributed by atoms with Gasteiger partial charge in [-0.2, -0.15) is 0 Å². The van der Waals surface area contributed by atoms with Gasteiger partial charge in [0.15, 0.2) is 0 Å². The monoisotopic (exact) mass is 338 g/mol. The molecule has 98 valence electrons. The van der Waals surface area contributed by atoms with Gasteiger partial charge in [0.05, 0.1) is 0 Å². The van der Waals surface area contributed by atoms with E-state index in [9.17, 15) is 4.39 Å². The van der Waals surface area contributed by atoms with E-state index in [-0.39, 0.29) is 5.82 Å². The molecule has 0 atom stereocenters. The predicted molar refractivity (Wildman–Crippen MR) is 83.8 cm³/mol. The molecule has 0 spiro atoms. The molecule has 19 heavy (non-hydrogen) atoms. The molecule has 0 aliphatic heterocycles. The van der Waals surface area contributed by atoms with Crippen LogP contribution in [0.5, 0.6) is 0 Å². The topological polar surface area (TPSA) is 38.0 Å². The van der Waals surface area contributed by atoms with Crippen molar-refractivity contribution in [2.45, 2.75) is 6.54 Å². The molecule has 0 heterocycles. The molecule has 0 saturated heterocycles. The highest BCUT2D eigenvalue weighted by molar-refractivity contribution is 9.10. The van der Waals surface area contributed by atoms with Crippen molar-refractivity contribution >= 4 is 38.8 Å². The van der Waals surface area contributed by atoms with Crippen LogP contribution in [0.3, 0.4) is 0 Å². The molecule has 2 aromatic carbocycles. The molecule has 0 aromatic heterocycles. The Hall–Kier alpha value is -1.46. The zero-order valence-corrected chi connectivity index (χ0v) is 12.4. The number of anilines is 1. The summed E-state index contributed by atoms with van der Waals surface area (Å²) in [5.41, 5.74) is 8.18. The van der Waals surface area contributed by atoms with Crippen molar-refractivity contribution in [3.05, 3.63) is 63.9 Å². The highest BCUT2D eigenvalue weighted by Crippen LogP contribution is 2.22. The maximum atomic E-state index is 13.0. The summed E-state index contributed by atoms with van der Waals surface area (Å²) in [4.78, 5) is 0.351. The van der Waals surface area contributed by atoms with Crippen LogP contribution in [0, 0.1) is 5.82 Å². The highest BCUT2D eigenvalue weighted by Gasteiger charge is 2.04. The largest absolute Gasteiger partial charge is 0.389 e. The standard InChI is InChI=1S/C14H12BrFN2S/c15-13-7-11(4-5-12(13)14(17)19)18-8-9-2-1-3-10(16)6-9/h1-7,18H,8H2,(H2,17,19). The molecule has 0 aliphatic carbocycles. The van der Waals surface area contributed by atoms with E-state index in [4.69, 9.17) is 18.0 Å². The molecule has 2 nitrogen and oxygen atoms in total. The zero-order valence-electron chi connectivity index (χ0n) is 9.99. The molecule has 2 rings (SSSR count). The van der Waals surface area contributed by atoms with Crippen LogP contribution in [0.2, 0.25) is 0 Å². The number of thiocarbonyl (C=S) groups is 1. The van der Waals surface area contributed by atoms with Gasteiger partial charge in [0.25, 0.3) is 0 Å². The Labute approximate surface area is 124 Å². The number of nitrogens with one attached hydrogen (secondary N) is 1. The quantitative estimate of drug-likeness (QED) is 0.832.